The Morgan fingerprint density at radius 1 is 1.17 bits per heavy atom. The summed E-state index contributed by atoms with van der Waals surface area (Å²) in [6.45, 7) is 6.74. The maximum absolute atomic E-state index is 12.4. The molecule has 0 amide bonds. The van der Waals surface area contributed by atoms with E-state index < -0.39 is 8.07 Å². The summed E-state index contributed by atoms with van der Waals surface area (Å²) in [5.74, 6) is 3.35. The Morgan fingerprint density at radius 3 is 2.43 bits per heavy atom. The maximum atomic E-state index is 12.4. The monoisotopic (exact) mass is 394 g/mol. The van der Waals surface area contributed by atoms with Gasteiger partial charge in [-0.05, 0) is 0 Å². The van der Waals surface area contributed by atoms with Gasteiger partial charge >= 0.3 is 147 Å². The summed E-state index contributed by atoms with van der Waals surface area (Å²) in [5, 5.41) is 0. The average Bonchev–Trinajstić information content (AvgIpc) is 2.47. The molecular weight excluding hydrogens is 367 g/mol. The third-order valence-electron chi connectivity index (χ3n) is 3.88. The SMILES string of the molecule is C[Si](C)(C)C#CCC1(OC(=O)[Se]c2ccccc2)CCCCC1. The summed E-state index contributed by atoms with van der Waals surface area (Å²) in [5.41, 5.74) is 3.08. The fourth-order valence-electron chi connectivity index (χ4n) is 2.76. The molecule has 1 aliphatic carbocycles. The van der Waals surface area contributed by atoms with Gasteiger partial charge in [0.15, 0.2) is 0 Å². The molecule has 0 heterocycles. The van der Waals surface area contributed by atoms with E-state index in [0.717, 1.165) is 30.1 Å². The van der Waals surface area contributed by atoms with Gasteiger partial charge < -0.3 is 0 Å². The minimum absolute atomic E-state index is 0.0552. The number of carbonyl (C=O) groups excluding carboxylic acids is 1. The third-order valence-corrected chi connectivity index (χ3v) is 6.40. The van der Waals surface area contributed by atoms with Crippen molar-refractivity contribution in [3.8, 4) is 11.5 Å². The molecule has 0 aliphatic heterocycles. The van der Waals surface area contributed by atoms with E-state index in [4.69, 9.17) is 4.74 Å². The second-order valence-corrected chi connectivity index (χ2v) is 14.1. The Kier molecular flexibility index (Phi) is 6.53. The quantitative estimate of drug-likeness (QED) is 0.568. The van der Waals surface area contributed by atoms with Gasteiger partial charge in [-0.2, -0.15) is 0 Å². The standard InChI is InChI=1S/C19H26O2SeSi/c1-23(2,3)16-10-15-19(13-8-5-9-14-19)21-18(20)22-17-11-6-4-7-12-17/h4,6-7,11-12H,5,8-9,13-15H2,1-3H3. The van der Waals surface area contributed by atoms with Gasteiger partial charge in [0.1, 0.15) is 0 Å². The van der Waals surface area contributed by atoms with E-state index in [1.165, 1.54) is 6.42 Å². The van der Waals surface area contributed by atoms with Crippen LogP contribution in [0.2, 0.25) is 19.6 Å². The summed E-state index contributed by atoms with van der Waals surface area (Å²) in [4.78, 5) is 12.4. The minimum atomic E-state index is -1.37. The van der Waals surface area contributed by atoms with Crippen LogP contribution in [0, 0.1) is 11.5 Å². The summed E-state index contributed by atoms with van der Waals surface area (Å²) < 4.78 is 7.07. The molecule has 2 nitrogen and oxygen atoms in total. The van der Waals surface area contributed by atoms with Crippen molar-refractivity contribution >= 4 is 32.4 Å². The van der Waals surface area contributed by atoms with Crippen molar-refractivity contribution in [2.75, 3.05) is 0 Å². The van der Waals surface area contributed by atoms with Crippen LogP contribution in [0.25, 0.3) is 0 Å². The molecule has 4 heteroatoms. The molecule has 0 bridgehead atoms. The first-order chi connectivity index (χ1) is 10.9. The summed E-state index contributed by atoms with van der Waals surface area (Å²) >= 11 is -0.266. The molecule has 0 atom stereocenters. The molecule has 1 aromatic carbocycles. The molecule has 0 saturated heterocycles. The van der Waals surface area contributed by atoms with Crippen molar-refractivity contribution in [3.05, 3.63) is 30.3 Å². The van der Waals surface area contributed by atoms with Crippen LogP contribution in [-0.2, 0) is 4.74 Å². The van der Waals surface area contributed by atoms with Gasteiger partial charge in [0.2, 0.25) is 0 Å². The zero-order valence-corrected chi connectivity index (χ0v) is 17.1. The van der Waals surface area contributed by atoms with E-state index in [0.29, 0.717) is 6.42 Å². The fraction of sp³-hybridized carbons (Fsp3) is 0.526. The van der Waals surface area contributed by atoms with Crippen LogP contribution in [0.4, 0.5) is 4.79 Å². The molecule has 1 aliphatic rings. The van der Waals surface area contributed by atoms with Crippen molar-refractivity contribution in [2.24, 2.45) is 0 Å². The van der Waals surface area contributed by atoms with Crippen molar-refractivity contribution < 1.29 is 9.53 Å². The van der Waals surface area contributed by atoms with Crippen LogP contribution < -0.4 is 4.46 Å². The van der Waals surface area contributed by atoms with Crippen LogP contribution in [0.3, 0.4) is 0 Å². The van der Waals surface area contributed by atoms with Gasteiger partial charge in [0, 0.05) is 0 Å². The first-order valence-electron chi connectivity index (χ1n) is 8.35. The van der Waals surface area contributed by atoms with Gasteiger partial charge in [0.25, 0.3) is 0 Å². The van der Waals surface area contributed by atoms with Gasteiger partial charge in [-0.15, -0.1) is 0 Å². The third kappa shape index (κ3) is 6.55. The zero-order chi connectivity index (χ0) is 16.8. The van der Waals surface area contributed by atoms with Crippen molar-refractivity contribution in [2.45, 2.75) is 63.8 Å². The van der Waals surface area contributed by atoms with E-state index in [9.17, 15) is 4.79 Å². The van der Waals surface area contributed by atoms with Gasteiger partial charge in [0.05, 0.1) is 0 Å². The van der Waals surface area contributed by atoms with Gasteiger partial charge in [-0.1, -0.05) is 0 Å². The number of hydrogen-bond donors (Lipinski definition) is 0. The number of benzene rings is 1. The van der Waals surface area contributed by atoms with Gasteiger partial charge in [-0.3, -0.25) is 0 Å². The fourth-order valence-corrected chi connectivity index (χ4v) is 4.86. The van der Waals surface area contributed by atoms with Crippen LogP contribution in [-0.4, -0.2) is 33.5 Å². The molecule has 0 N–H and O–H groups in total. The summed E-state index contributed by atoms with van der Waals surface area (Å²) in [7, 11) is -1.37. The van der Waals surface area contributed by atoms with E-state index in [1.807, 2.05) is 30.3 Å². The molecule has 0 spiro atoms. The van der Waals surface area contributed by atoms with Crippen LogP contribution in [0.15, 0.2) is 30.3 Å². The van der Waals surface area contributed by atoms with E-state index >= 15 is 0 Å². The van der Waals surface area contributed by atoms with E-state index in [1.54, 1.807) is 0 Å². The average molecular weight is 393 g/mol. The molecule has 124 valence electrons. The molecule has 23 heavy (non-hydrogen) atoms. The van der Waals surface area contributed by atoms with Crippen molar-refractivity contribution in [3.63, 3.8) is 0 Å². The van der Waals surface area contributed by atoms with Crippen molar-refractivity contribution in [1.29, 1.82) is 0 Å². The second-order valence-electron chi connectivity index (χ2n) is 7.24. The second kappa shape index (κ2) is 8.19. The Labute approximate surface area is 147 Å². The molecular formula is C19H26O2SeSi. The number of hydrogen-bond acceptors (Lipinski definition) is 2. The Bertz CT molecular complexity index is 575. The number of carbonyl (C=O) groups is 1. The Hall–Kier alpha value is -1.01. The first kappa shape index (κ1) is 18.3. The summed E-state index contributed by atoms with van der Waals surface area (Å²) in [6.07, 6.45) is 6.15. The molecule has 0 aromatic heterocycles. The predicted octanol–water partition coefficient (Wildman–Crippen LogP) is 4.13. The molecule has 1 saturated carbocycles. The van der Waals surface area contributed by atoms with E-state index in [-0.39, 0.29) is 25.4 Å². The van der Waals surface area contributed by atoms with Gasteiger partial charge in [-0.25, -0.2) is 0 Å². The normalized spacial score (nSPS) is 17.0. The Balaban J connectivity index is 2.02. The number of ether oxygens (including phenoxy) is 1. The molecule has 1 aromatic rings. The molecule has 1 fully saturated rings. The topological polar surface area (TPSA) is 26.3 Å². The number of rotatable bonds is 4. The molecule has 2 rings (SSSR count). The first-order valence-corrected chi connectivity index (χ1v) is 13.6. The van der Waals surface area contributed by atoms with E-state index in [2.05, 4.69) is 31.1 Å². The van der Waals surface area contributed by atoms with Crippen LogP contribution in [0.1, 0.15) is 38.5 Å². The summed E-state index contributed by atoms with van der Waals surface area (Å²) in [6, 6.07) is 9.92. The Morgan fingerprint density at radius 2 is 1.83 bits per heavy atom. The van der Waals surface area contributed by atoms with Crippen LogP contribution >= 0.6 is 0 Å². The zero-order valence-electron chi connectivity index (χ0n) is 14.4. The molecule has 0 radical (unpaired) electrons. The predicted molar refractivity (Wildman–Crippen MR) is 99.9 cm³/mol. The molecule has 0 unspecified atom stereocenters. The van der Waals surface area contributed by atoms with Crippen molar-refractivity contribution in [1.82, 2.24) is 0 Å². The van der Waals surface area contributed by atoms with Crippen LogP contribution in [0.5, 0.6) is 0 Å².